The second-order valence-electron chi connectivity index (χ2n) is 5.78. The van der Waals surface area contributed by atoms with Gasteiger partial charge in [-0.1, -0.05) is 18.2 Å². The summed E-state index contributed by atoms with van der Waals surface area (Å²) in [6.45, 7) is 0.424. The number of hydrogen-bond acceptors (Lipinski definition) is 4. The molecular weight excluding hydrogens is 320 g/mol. The van der Waals surface area contributed by atoms with Crippen molar-refractivity contribution in [1.29, 1.82) is 0 Å². The average Bonchev–Trinajstić information content (AvgIpc) is 3.01. The number of benzene rings is 2. The number of anilines is 1. The molecule has 0 saturated carbocycles. The molecule has 2 aromatic carbocycles. The molecule has 1 heterocycles. The molecule has 2 aromatic rings. The lowest BCUT2D eigenvalue weighted by atomic mass is 10.2. The second-order valence-corrected chi connectivity index (χ2v) is 5.78. The number of hydrogen-bond donors (Lipinski definition) is 1. The van der Waals surface area contributed by atoms with Crippen molar-refractivity contribution in [3.05, 3.63) is 54.1 Å². The first-order valence-electron chi connectivity index (χ1n) is 8.00. The van der Waals surface area contributed by atoms with Crippen LogP contribution in [0.2, 0.25) is 0 Å². The summed E-state index contributed by atoms with van der Waals surface area (Å²) in [5.74, 6) is 0.953. The largest absolute Gasteiger partial charge is 0.493 e. The van der Waals surface area contributed by atoms with E-state index in [1.165, 1.54) is 0 Å². The molecule has 1 N–H and O–H groups in total. The van der Waals surface area contributed by atoms with Crippen molar-refractivity contribution >= 4 is 17.5 Å². The number of methoxy groups -OCH3 is 2. The Balaban J connectivity index is 1.71. The van der Waals surface area contributed by atoms with E-state index in [0.717, 1.165) is 5.69 Å². The molecule has 0 spiro atoms. The van der Waals surface area contributed by atoms with Crippen LogP contribution in [-0.2, 0) is 4.79 Å². The van der Waals surface area contributed by atoms with Gasteiger partial charge in [0.2, 0.25) is 5.91 Å². The van der Waals surface area contributed by atoms with Crippen LogP contribution >= 0.6 is 0 Å². The predicted molar refractivity (Wildman–Crippen MR) is 94.2 cm³/mol. The van der Waals surface area contributed by atoms with E-state index in [1.807, 2.05) is 18.2 Å². The molecule has 25 heavy (non-hydrogen) atoms. The summed E-state index contributed by atoms with van der Waals surface area (Å²) in [7, 11) is 3.12. The van der Waals surface area contributed by atoms with Gasteiger partial charge in [0.05, 0.1) is 20.3 Å². The van der Waals surface area contributed by atoms with E-state index >= 15 is 0 Å². The van der Waals surface area contributed by atoms with Gasteiger partial charge in [0, 0.05) is 30.3 Å². The quantitative estimate of drug-likeness (QED) is 0.906. The van der Waals surface area contributed by atoms with Crippen molar-refractivity contribution in [2.75, 3.05) is 25.7 Å². The van der Waals surface area contributed by atoms with Crippen LogP contribution < -0.4 is 19.7 Å². The third-order valence-corrected chi connectivity index (χ3v) is 4.18. The average molecular weight is 340 g/mol. The molecule has 0 aromatic heterocycles. The van der Waals surface area contributed by atoms with Gasteiger partial charge in [-0.15, -0.1) is 0 Å². The number of nitrogens with zero attached hydrogens (tertiary/aromatic N) is 1. The molecule has 0 aliphatic carbocycles. The van der Waals surface area contributed by atoms with E-state index in [-0.39, 0.29) is 24.3 Å². The molecular formula is C19H20N2O4. The number of ether oxygens (including phenoxy) is 2. The van der Waals surface area contributed by atoms with E-state index < -0.39 is 0 Å². The van der Waals surface area contributed by atoms with Crippen LogP contribution in [-0.4, -0.2) is 38.6 Å². The number of rotatable bonds is 5. The zero-order chi connectivity index (χ0) is 17.8. The third-order valence-electron chi connectivity index (χ3n) is 4.18. The zero-order valence-corrected chi connectivity index (χ0v) is 14.2. The molecule has 0 bridgehead atoms. The van der Waals surface area contributed by atoms with Crippen LogP contribution in [0.15, 0.2) is 48.5 Å². The molecule has 3 rings (SSSR count). The topological polar surface area (TPSA) is 67.9 Å². The fourth-order valence-corrected chi connectivity index (χ4v) is 2.90. The van der Waals surface area contributed by atoms with Gasteiger partial charge < -0.3 is 19.7 Å². The van der Waals surface area contributed by atoms with Gasteiger partial charge in [0.25, 0.3) is 5.91 Å². The summed E-state index contributed by atoms with van der Waals surface area (Å²) in [5.41, 5.74) is 1.30. The highest BCUT2D eigenvalue weighted by atomic mass is 16.5. The highest BCUT2D eigenvalue weighted by Gasteiger charge is 2.32. The van der Waals surface area contributed by atoms with Gasteiger partial charge in [-0.25, -0.2) is 0 Å². The van der Waals surface area contributed by atoms with Gasteiger partial charge in [-0.05, 0) is 24.3 Å². The fourth-order valence-electron chi connectivity index (χ4n) is 2.90. The van der Waals surface area contributed by atoms with Crippen LogP contribution in [0.3, 0.4) is 0 Å². The van der Waals surface area contributed by atoms with Crippen molar-refractivity contribution < 1.29 is 19.1 Å². The number of carbonyl (C=O) groups is 2. The van der Waals surface area contributed by atoms with Crippen LogP contribution in [0.25, 0.3) is 0 Å². The minimum atomic E-state index is -0.228. The molecule has 0 unspecified atom stereocenters. The SMILES string of the molecule is COc1ccc(N2C[C@H](NC(=O)c3ccccc3)CC2=O)cc1OC. The van der Waals surface area contributed by atoms with Crippen molar-refractivity contribution in [3.8, 4) is 11.5 Å². The first kappa shape index (κ1) is 16.8. The van der Waals surface area contributed by atoms with E-state index in [9.17, 15) is 9.59 Å². The second kappa shape index (κ2) is 7.25. The Hall–Kier alpha value is -3.02. The summed E-state index contributed by atoms with van der Waals surface area (Å²) in [6, 6.07) is 14.1. The maximum Gasteiger partial charge on any atom is 0.251 e. The third kappa shape index (κ3) is 3.57. The first-order chi connectivity index (χ1) is 12.1. The zero-order valence-electron chi connectivity index (χ0n) is 14.2. The summed E-state index contributed by atoms with van der Waals surface area (Å²) in [6.07, 6.45) is 0.271. The monoisotopic (exact) mass is 340 g/mol. The van der Waals surface area contributed by atoms with Crippen LogP contribution in [0, 0.1) is 0 Å². The predicted octanol–water partition coefficient (Wildman–Crippen LogP) is 2.24. The number of carbonyl (C=O) groups excluding carboxylic acids is 2. The lowest BCUT2D eigenvalue weighted by Crippen LogP contribution is -2.37. The Labute approximate surface area is 146 Å². The van der Waals surface area contributed by atoms with Gasteiger partial charge in [-0.3, -0.25) is 9.59 Å². The maximum absolute atomic E-state index is 12.4. The summed E-state index contributed by atoms with van der Waals surface area (Å²) >= 11 is 0. The Morgan fingerprint density at radius 2 is 1.80 bits per heavy atom. The normalized spacial score (nSPS) is 16.6. The standard InChI is InChI=1S/C19H20N2O4/c1-24-16-9-8-15(11-17(16)25-2)21-12-14(10-18(21)22)20-19(23)13-6-4-3-5-7-13/h3-9,11,14H,10,12H2,1-2H3,(H,20,23)/t14-/m1/s1. The Morgan fingerprint density at radius 3 is 2.48 bits per heavy atom. The van der Waals surface area contributed by atoms with E-state index in [0.29, 0.717) is 23.6 Å². The Kier molecular flexibility index (Phi) is 4.88. The van der Waals surface area contributed by atoms with Gasteiger partial charge in [-0.2, -0.15) is 0 Å². The minimum absolute atomic E-state index is 0.0365. The summed E-state index contributed by atoms with van der Waals surface area (Å²) in [5, 5.41) is 2.92. The van der Waals surface area contributed by atoms with Gasteiger partial charge >= 0.3 is 0 Å². The maximum atomic E-state index is 12.4. The molecule has 130 valence electrons. The summed E-state index contributed by atoms with van der Waals surface area (Å²) < 4.78 is 10.5. The summed E-state index contributed by atoms with van der Waals surface area (Å²) in [4.78, 5) is 26.3. The Morgan fingerprint density at radius 1 is 1.08 bits per heavy atom. The molecule has 1 aliphatic heterocycles. The van der Waals surface area contributed by atoms with Crippen molar-refractivity contribution in [1.82, 2.24) is 5.32 Å². The smallest absolute Gasteiger partial charge is 0.251 e. The van der Waals surface area contributed by atoms with Crippen molar-refractivity contribution in [2.45, 2.75) is 12.5 Å². The van der Waals surface area contributed by atoms with Crippen LogP contribution in [0.4, 0.5) is 5.69 Å². The van der Waals surface area contributed by atoms with Gasteiger partial charge in [0.15, 0.2) is 11.5 Å². The molecule has 1 saturated heterocycles. The van der Waals surface area contributed by atoms with Crippen LogP contribution in [0.1, 0.15) is 16.8 Å². The fraction of sp³-hybridized carbons (Fsp3) is 0.263. The van der Waals surface area contributed by atoms with E-state index in [4.69, 9.17) is 9.47 Å². The number of nitrogens with one attached hydrogen (secondary N) is 1. The first-order valence-corrected chi connectivity index (χ1v) is 8.00. The van der Waals surface area contributed by atoms with Crippen molar-refractivity contribution in [2.24, 2.45) is 0 Å². The van der Waals surface area contributed by atoms with Crippen LogP contribution in [0.5, 0.6) is 11.5 Å². The van der Waals surface area contributed by atoms with Gasteiger partial charge in [0.1, 0.15) is 0 Å². The lowest BCUT2D eigenvalue weighted by molar-refractivity contribution is -0.117. The van der Waals surface area contributed by atoms with E-state index in [1.54, 1.807) is 49.5 Å². The molecule has 1 atom stereocenters. The highest BCUT2D eigenvalue weighted by Crippen LogP contribution is 2.33. The minimum Gasteiger partial charge on any atom is -0.493 e. The molecule has 1 fully saturated rings. The highest BCUT2D eigenvalue weighted by molar-refractivity contribution is 5.99. The molecule has 6 nitrogen and oxygen atoms in total. The van der Waals surface area contributed by atoms with Crippen molar-refractivity contribution in [3.63, 3.8) is 0 Å². The van der Waals surface area contributed by atoms with E-state index in [2.05, 4.69) is 5.32 Å². The Bertz CT molecular complexity index is 776. The number of amides is 2. The molecule has 6 heteroatoms. The molecule has 0 radical (unpaired) electrons. The molecule has 2 amide bonds. The lowest BCUT2D eigenvalue weighted by Gasteiger charge is -2.19. The molecule has 1 aliphatic rings.